The number of nitrogens with one attached hydrogen (secondary N) is 1. The number of hydrogen-bond acceptors (Lipinski definition) is 2. The van der Waals surface area contributed by atoms with Gasteiger partial charge in [0.15, 0.2) is 0 Å². The molecule has 0 amide bonds. The van der Waals surface area contributed by atoms with Gasteiger partial charge in [0, 0.05) is 15.8 Å². The molecule has 2 rings (SSSR count). The second kappa shape index (κ2) is 7.38. The fourth-order valence-electron chi connectivity index (χ4n) is 1.74. The van der Waals surface area contributed by atoms with Crippen LogP contribution in [-0.4, -0.2) is 6.61 Å². The maximum Gasteiger partial charge on any atom is 0.119 e. The lowest BCUT2D eigenvalue weighted by atomic mass is 10.2. The van der Waals surface area contributed by atoms with Crippen molar-refractivity contribution in [2.24, 2.45) is 0 Å². The highest BCUT2D eigenvalue weighted by Gasteiger charge is 1.97. The van der Waals surface area contributed by atoms with Gasteiger partial charge in [-0.25, -0.2) is 0 Å². The van der Waals surface area contributed by atoms with Gasteiger partial charge < -0.3 is 10.1 Å². The van der Waals surface area contributed by atoms with Gasteiger partial charge in [0.05, 0.1) is 6.61 Å². The summed E-state index contributed by atoms with van der Waals surface area (Å²) in [5.74, 6) is 0.948. The minimum Gasteiger partial charge on any atom is -0.494 e. The second-order valence-corrected chi connectivity index (χ2v) is 5.60. The minimum atomic E-state index is 0.772. The summed E-state index contributed by atoms with van der Waals surface area (Å²) in [7, 11) is 0. The van der Waals surface area contributed by atoms with Crippen LogP contribution in [0.1, 0.15) is 18.9 Å². The number of anilines is 1. The average molecular weight is 367 g/mol. The molecule has 0 aliphatic rings. The van der Waals surface area contributed by atoms with E-state index in [4.69, 9.17) is 4.74 Å². The Kier molecular flexibility index (Phi) is 5.51. The van der Waals surface area contributed by atoms with Gasteiger partial charge in [-0.05, 0) is 71.0 Å². The number of hydrogen-bond donors (Lipinski definition) is 1. The van der Waals surface area contributed by atoms with Crippen LogP contribution in [0.3, 0.4) is 0 Å². The molecule has 2 aromatic rings. The molecule has 2 nitrogen and oxygen atoms in total. The van der Waals surface area contributed by atoms with Crippen molar-refractivity contribution >= 4 is 28.3 Å². The summed E-state index contributed by atoms with van der Waals surface area (Å²) in [6.07, 6.45) is 1.03. The predicted molar refractivity (Wildman–Crippen MR) is 88.7 cm³/mol. The quantitative estimate of drug-likeness (QED) is 0.748. The van der Waals surface area contributed by atoms with E-state index in [2.05, 4.69) is 71.2 Å². The molecule has 0 saturated carbocycles. The zero-order valence-corrected chi connectivity index (χ0v) is 13.2. The van der Waals surface area contributed by atoms with Crippen molar-refractivity contribution in [2.45, 2.75) is 19.9 Å². The first-order valence-corrected chi connectivity index (χ1v) is 7.57. The molecule has 100 valence electrons. The molecular weight excluding hydrogens is 349 g/mol. The molecule has 1 N–H and O–H groups in total. The van der Waals surface area contributed by atoms with Crippen molar-refractivity contribution < 1.29 is 4.74 Å². The summed E-state index contributed by atoms with van der Waals surface area (Å²) < 4.78 is 6.88. The zero-order valence-electron chi connectivity index (χ0n) is 11.0. The van der Waals surface area contributed by atoms with Crippen LogP contribution in [0, 0.1) is 3.57 Å². The van der Waals surface area contributed by atoms with E-state index in [1.807, 2.05) is 12.1 Å². The van der Waals surface area contributed by atoms with Crippen LogP contribution in [0.5, 0.6) is 5.75 Å². The maximum absolute atomic E-state index is 5.63. The van der Waals surface area contributed by atoms with E-state index in [1.54, 1.807) is 0 Å². The van der Waals surface area contributed by atoms with Crippen molar-refractivity contribution in [3.05, 3.63) is 57.7 Å². The van der Waals surface area contributed by atoms with Crippen LogP contribution in [0.4, 0.5) is 5.69 Å². The molecule has 0 spiro atoms. The van der Waals surface area contributed by atoms with E-state index < -0.39 is 0 Å². The Morgan fingerprint density at radius 1 is 1.11 bits per heavy atom. The second-order valence-electron chi connectivity index (χ2n) is 4.36. The van der Waals surface area contributed by atoms with Gasteiger partial charge in [0.25, 0.3) is 0 Å². The molecule has 19 heavy (non-hydrogen) atoms. The van der Waals surface area contributed by atoms with Crippen molar-refractivity contribution in [3.8, 4) is 5.75 Å². The molecule has 0 bridgehead atoms. The molecule has 0 unspecified atom stereocenters. The smallest absolute Gasteiger partial charge is 0.119 e. The molecule has 2 aromatic carbocycles. The highest BCUT2D eigenvalue weighted by atomic mass is 127. The average Bonchev–Trinajstić information content (AvgIpc) is 2.45. The van der Waals surface area contributed by atoms with Crippen molar-refractivity contribution in [2.75, 3.05) is 11.9 Å². The van der Waals surface area contributed by atoms with Gasteiger partial charge in [0.2, 0.25) is 0 Å². The largest absolute Gasteiger partial charge is 0.494 e. The lowest BCUT2D eigenvalue weighted by molar-refractivity contribution is 0.317. The number of ether oxygens (including phenoxy) is 1. The fourth-order valence-corrected chi connectivity index (χ4v) is 2.10. The third kappa shape index (κ3) is 4.74. The van der Waals surface area contributed by atoms with Crippen molar-refractivity contribution in [1.29, 1.82) is 0 Å². The Morgan fingerprint density at radius 2 is 1.89 bits per heavy atom. The summed E-state index contributed by atoms with van der Waals surface area (Å²) in [5.41, 5.74) is 2.37. The van der Waals surface area contributed by atoms with E-state index in [9.17, 15) is 0 Å². The lowest BCUT2D eigenvalue weighted by Gasteiger charge is -2.09. The Morgan fingerprint density at radius 3 is 2.63 bits per heavy atom. The molecule has 0 radical (unpaired) electrons. The molecule has 0 aliphatic heterocycles. The van der Waals surface area contributed by atoms with Gasteiger partial charge in [-0.2, -0.15) is 0 Å². The first-order chi connectivity index (χ1) is 9.28. The van der Waals surface area contributed by atoms with E-state index in [-0.39, 0.29) is 0 Å². The van der Waals surface area contributed by atoms with E-state index in [0.29, 0.717) is 0 Å². The standard InChI is InChI=1S/C16H18INO/c1-2-10-19-16-5-3-4-13(11-16)12-18-15-8-6-14(17)7-9-15/h3-9,11,18H,2,10,12H2,1H3. The van der Waals surface area contributed by atoms with E-state index >= 15 is 0 Å². The number of halogens is 1. The number of rotatable bonds is 6. The maximum atomic E-state index is 5.63. The molecule has 0 saturated heterocycles. The van der Waals surface area contributed by atoms with Crippen LogP contribution in [0.25, 0.3) is 0 Å². The third-order valence-corrected chi connectivity index (χ3v) is 3.43. The summed E-state index contributed by atoms with van der Waals surface area (Å²) >= 11 is 2.31. The Labute approximate surface area is 128 Å². The first kappa shape index (κ1) is 14.2. The van der Waals surface area contributed by atoms with Gasteiger partial charge >= 0.3 is 0 Å². The van der Waals surface area contributed by atoms with Crippen molar-refractivity contribution in [3.63, 3.8) is 0 Å². The van der Waals surface area contributed by atoms with Crippen LogP contribution < -0.4 is 10.1 Å². The summed E-state index contributed by atoms with van der Waals surface area (Å²) in [4.78, 5) is 0. The molecule has 0 atom stereocenters. The third-order valence-electron chi connectivity index (χ3n) is 2.71. The highest BCUT2D eigenvalue weighted by molar-refractivity contribution is 14.1. The monoisotopic (exact) mass is 367 g/mol. The van der Waals surface area contributed by atoms with Crippen LogP contribution in [0.15, 0.2) is 48.5 Å². The SMILES string of the molecule is CCCOc1cccc(CNc2ccc(I)cc2)c1. The highest BCUT2D eigenvalue weighted by Crippen LogP contribution is 2.16. The fraction of sp³-hybridized carbons (Fsp3) is 0.250. The molecule has 0 aromatic heterocycles. The summed E-state index contributed by atoms with van der Waals surface area (Å²) in [5, 5.41) is 3.41. The topological polar surface area (TPSA) is 21.3 Å². The van der Waals surface area contributed by atoms with E-state index in [0.717, 1.165) is 31.0 Å². The van der Waals surface area contributed by atoms with Gasteiger partial charge in [-0.15, -0.1) is 0 Å². The van der Waals surface area contributed by atoms with Gasteiger partial charge in [-0.1, -0.05) is 19.1 Å². The lowest BCUT2D eigenvalue weighted by Crippen LogP contribution is -2.00. The molecule has 0 aliphatic carbocycles. The zero-order chi connectivity index (χ0) is 13.5. The number of benzene rings is 2. The normalized spacial score (nSPS) is 10.2. The Bertz CT molecular complexity index is 510. The summed E-state index contributed by atoms with van der Waals surface area (Å²) in [6.45, 7) is 3.69. The Hall–Kier alpha value is -1.23. The molecule has 0 fully saturated rings. The summed E-state index contributed by atoms with van der Waals surface area (Å²) in [6, 6.07) is 16.6. The van der Waals surface area contributed by atoms with Gasteiger partial charge in [0.1, 0.15) is 5.75 Å². The molecule has 0 heterocycles. The minimum absolute atomic E-state index is 0.772. The van der Waals surface area contributed by atoms with Crippen LogP contribution in [-0.2, 0) is 6.54 Å². The van der Waals surface area contributed by atoms with E-state index in [1.165, 1.54) is 9.13 Å². The van der Waals surface area contributed by atoms with Gasteiger partial charge in [-0.3, -0.25) is 0 Å². The predicted octanol–water partition coefficient (Wildman–Crippen LogP) is 4.69. The Balaban J connectivity index is 1.93. The first-order valence-electron chi connectivity index (χ1n) is 6.49. The molecule has 3 heteroatoms. The van der Waals surface area contributed by atoms with Crippen LogP contribution >= 0.6 is 22.6 Å². The molecular formula is C16H18INO. The van der Waals surface area contributed by atoms with Crippen LogP contribution in [0.2, 0.25) is 0 Å². The van der Waals surface area contributed by atoms with Crippen molar-refractivity contribution in [1.82, 2.24) is 0 Å².